The Bertz CT molecular complexity index is 1680. The van der Waals surface area contributed by atoms with Gasteiger partial charge in [-0.3, -0.25) is 4.79 Å². The van der Waals surface area contributed by atoms with E-state index in [0.717, 1.165) is 11.6 Å². The van der Waals surface area contributed by atoms with E-state index in [-0.39, 0.29) is 34.5 Å². The minimum atomic E-state index is -1.88. The summed E-state index contributed by atoms with van der Waals surface area (Å²) in [5.41, 5.74) is 0.434. The molecule has 0 amide bonds. The van der Waals surface area contributed by atoms with Crippen molar-refractivity contribution in [2.75, 3.05) is 13.7 Å². The molecule has 3 aromatic rings. The SMILES string of the molecule is COc1ccc(-c2oc3c(CC=C(C)C)c(O)cc(O)c3c(=O)c2O[C@H]2O[C@@H](C)[C@H](O)[C@H](O)[C@@H]2O[C@@H]2O[C@@H](CO)[C@H](O)[C@H](O)[C@@H]2O)cc1. The van der Waals surface area contributed by atoms with Crippen LogP contribution in [-0.4, -0.2) is 116 Å². The first-order valence-corrected chi connectivity index (χ1v) is 15.2. The van der Waals surface area contributed by atoms with E-state index in [1.54, 1.807) is 30.3 Å². The van der Waals surface area contributed by atoms with Crippen molar-refractivity contribution in [2.24, 2.45) is 0 Å². The summed E-state index contributed by atoms with van der Waals surface area (Å²) in [7, 11) is 1.47. The number of phenolic OH excluding ortho intramolecular Hbond substituents is 2. The molecule has 0 spiro atoms. The molecule has 2 aliphatic heterocycles. The summed E-state index contributed by atoms with van der Waals surface area (Å²) in [5, 5.41) is 83.7. The van der Waals surface area contributed by atoms with E-state index in [1.165, 1.54) is 14.0 Å². The number of aromatic hydroxyl groups is 2. The highest BCUT2D eigenvalue weighted by Gasteiger charge is 2.51. The lowest BCUT2D eigenvalue weighted by atomic mass is 9.97. The topological polar surface area (TPSA) is 238 Å². The van der Waals surface area contributed by atoms with Gasteiger partial charge in [0.2, 0.25) is 17.5 Å². The van der Waals surface area contributed by atoms with Gasteiger partial charge < -0.3 is 69.0 Å². The summed E-state index contributed by atoms with van der Waals surface area (Å²) in [4.78, 5) is 14.3. The molecule has 3 heterocycles. The molecule has 10 atom stereocenters. The van der Waals surface area contributed by atoms with Crippen molar-refractivity contribution < 1.29 is 69.0 Å². The van der Waals surface area contributed by atoms with Gasteiger partial charge in [0, 0.05) is 17.2 Å². The van der Waals surface area contributed by atoms with Crippen LogP contribution in [0.3, 0.4) is 0 Å². The third kappa shape index (κ3) is 6.74. The first kappa shape index (κ1) is 35.5. The Kier molecular flexibility index (Phi) is 10.6. The molecule has 2 aromatic carbocycles. The van der Waals surface area contributed by atoms with Crippen LogP contribution in [0.2, 0.25) is 0 Å². The fraction of sp³-hybridized carbons (Fsp3) is 0.485. The zero-order chi connectivity index (χ0) is 35.0. The molecule has 2 saturated heterocycles. The molecule has 0 aliphatic carbocycles. The van der Waals surface area contributed by atoms with E-state index in [4.69, 9.17) is 28.1 Å². The predicted molar refractivity (Wildman–Crippen MR) is 167 cm³/mol. The normalized spacial score (nSPS) is 30.6. The molecule has 15 nitrogen and oxygen atoms in total. The number of benzene rings is 2. The van der Waals surface area contributed by atoms with Crippen molar-refractivity contribution in [1.82, 2.24) is 0 Å². The largest absolute Gasteiger partial charge is 0.507 e. The van der Waals surface area contributed by atoms with Gasteiger partial charge >= 0.3 is 0 Å². The Balaban J connectivity index is 1.65. The lowest BCUT2D eigenvalue weighted by molar-refractivity contribution is -0.355. The number of phenols is 2. The first-order valence-electron chi connectivity index (χ1n) is 15.2. The van der Waals surface area contributed by atoms with Crippen LogP contribution in [0.5, 0.6) is 23.0 Å². The molecule has 48 heavy (non-hydrogen) atoms. The van der Waals surface area contributed by atoms with E-state index in [9.17, 15) is 45.6 Å². The van der Waals surface area contributed by atoms with Crippen LogP contribution in [0.4, 0.5) is 0 Å². The van der Waals surface area contributed by atoms with Gasteiger partial charge in [-0.05, 0) is 51.5 Å². The van der Waals surface area contributed by atoms with Gasteiger partial charge in [-0.1, -0.05) is 11.6 Å². The highest BCUT2D eigenvalue weighted by atomic mass is 16.8. The summed E-state index contributed by atoms with van der Waals surface area (Å²) < 4.78 is 34.6. The summed E-state index contributed by atoms with van der Waals surface area (Å²) >= 11 is 0. The Morgan fingerprint density at radius 1 is 0.896 bits per heavy atom. The van der Waals surface area contributed by atoms with Crippen LogP contribution in [-0.2, 0) is 20.6 Å². The second kappa shape index (κ2) is 14.4. The molecule has 5 rings (SSSR count). The van der Waals surface area contributed by atoms with Gasteiger partial charge in [-0.15, -0.1) is 0 Å². The number of aliphatic hydroxyl groups excluding tert-OH is 6. The maximum absolute atomic E-state index is 14.3. The molecule has 0 unspecified atom stereocenters. The standard InChI is InChI=1S/C33H40O15/c1-13(2)5-10-17-18(35)11-19(36)21-24(39)30(28(46-29(17)21)15-6-8-16(43-4)9-7-15)47-33-31(26(41)22(37)14(3)44-33)48-32-27(42)25(40)23(38)20(12-34)45-32/h5-9,11,14,20,22-23,25-27,31-38,40-42H,10,12H2,1-4H3/t14-,20-,22-,23-,25-,26-,27-,31-,32-,33+/m0/s1. The number of aliphatic hydroxyl groups is 6. The van der Waals surface area contributed by atoms with Crippen LogP contribution in [0.1, 0.15) is 26.3 Å². The molecule has 262 valence electrons. The maximum Gasteiger partial charge on any atom is 0.239 e. The molecule has 2 aliphatic rings. The van der Waals surface area contributed by atoms with Crippen LogP contribution in [0.15, 0.2) is 51.2 Å². The van der Waals surface area contributed by atoms with Crippen molar-refractivity contribution >= 4 is 11.0 Å². The molecular formula is C33H40O15. The van der Waals surface area contributed by atoms with Crippen molar-refractivity contribution in [3.63, 3.8) is 0 Å². The van der Waals surface area contributed by atoms with E-state index >= 15 is 0 Å². The molecule has 15 heteroatoms. The number of rotatable bonds is 9. The van der Waals surface area contributed by atoms with Crippen molar-refractivity contribution in [3.05, 3.63) is 57.8 Å². The number of hydrogen-bond acceptors (Lipinski definition) is 15. The lowest BCUT2D eigenvalue weighted by Crippen LogP contribution is -2.64. The summed E-state index contributed by atoms with van der Waals surface area (Å²) in [6.07, 6.45) is -14.4. The number of allylic oxidation sites excluding steroid dienone is 2. The van der Waals surface area contributed by atoms with E-state index in [1.807, 2.05) is 13.8 Å². The summed E-state index contributed by atoms with van der Waals surface area (Å²) in [5.74, 6) is -1.11. The second-order valence-electron chi connectivity index (χ2n) is 12.0. The van der Waals surface area contributed by atoms with Crippen LogP contribution < -0.4 is 14.9 Å². The van der Waals surface area contributed by atoms with Crippen molar-refractivity contribution in [1.29, 1.82) is 0 Å². The average Bonchev–Trinajstić information content (AvgIpc) is 3.05. The summed E-state index contributed by atoms with van der Waals surface area (Å²) in [6.45, 7) is 4.37. The zero-order valence-electron chi connectivity index (χ0n) is 26.6. The van der Waals surface area contributed by atoms with E-state index in [0.29, 0.717) is 11.3 Å². The lowest BCUT2D eigenvalue weighted by Gasteiger charge is -2.45. The van der Waals surface area contributed by atoms with E-state index < -0.39 is 84.9 Å². The zero-order valence-corrected chi connectivity index (χ0v) is 26.6. The third-order valence-corrected chi connectivity index (χ3v) is 8.41. The fourth-order valence-electron chi connectivity index (χ4n) is 5.61. The van der Waals surface area contributed by atoms with Crippen LogP contribution >= 0.6 is 0 Å². The first-order chi connectivity index (χ1) is 22.8. The number of hydrogen-bond donors (Lipinski definition) is 8. The molecule has 2 fully saturated rings. The fourth-order valence-corrected chi connectivity index (χ4v) is 5.61. The Labute approximate surface area is 274 Å². The quantitative estimate of drug-likeness (QED) is 0.143. The predicted octanol–water partition coefficient (Wildman–Crippen LogP) is 0.419. The maximum atomic E-state index is 14.3. The van der Waals surface area contributed by atoms with Gasteiger partial charge in [0.1, 0.15) is 64.8 Å². The van der Waals surface area contributed by atoms with Gasteiger partial charge in [0.15, 0.2) is 18.2 Å². The van der Waals surface area contributed by atoms with Gasteiger partial charge in [-0.25, -0.2) is 0 Å². The van der Waals surface area contributed by atoms with Gasteiger partial charge in [0.05, 0.1) is 19.8 Å². The smallest absolute Gasteiger partial charge is 0.239 e. The molecular weight excluding hydrogens is 636 g/mol. The number of fused-ring (bicyclic) bond motifs is 1. The van der Waals surface area contributed by atoms with Gasteiger partial charge in [0.25, 0.3) is 0 Å². The monoisotopic (exact) mass is 676 g/mol. The Morgan fingerprint density at radius 2 is 1.58 bits per heavy atom. The Hall–Kier alpha value is -3.77. The molecule has 1 aromatic heterocycles. The minimum Gasteiger partial charge on any atom is -0.507 e. The van der Waals surface area contributed by atoms with Crippen LogP contribution in [0.25, 0.3) is 22.3 Å². The number of ether oxygens (including phenoxy) is 5. The van der Waals surface area contributed by atoms with Crippen molar-refractivity contribution in [3.8, 4) is 34.3 Å². The molecule has 0 radical (unpaired) electrons. The highest BCUT2D eigenvalue weighted by molar-refractivity contribution is 5.91. The van der Waals surface area contributed by atoms with Gasteiger partial charge in [-0.2, -0.15) is 0 Å². The number of methoxy groups -OCH3 is 1. The molecule has 8 N–H and O–H groups in total. The second-order valence-corrected chi connectivity index (χ2v) is 12.0. The summed E-state index contributed by atoms with van der Waals surface area (Å²) in [6, 6.07) is 7.34. The highest BCUT2D eigenvalue weighted by Crippen LogP contribution is 2.41. The minimum absolute atomic E-state index is 0.115. The third-order valence-electron chi connectivity index (χ3n) is 8.41. The Morgan fingerprint density at radius 3 is 2.21 bits per heavy atom. The van der Waals surface area contributed by atoms with Crippen LogP contribution in [0, 0.1) is 0 Å². The average molecular weight is 677 g/mol. The molecule has 0 saturated carbocycles. The molecule has 0 bridgehead atoms. The van der Waals surface area contributed by atoms with E-state index in [2.05, 4.69) is 0 Å². The van der Waals surface area contributed by atoms with Crippen molar-refractivity contribution in [2.45, 2.75) is 88.6 Å².